The summed E-state index contributed by atoms with van der Waals surface area (Å²) in [5.41, 5.74) is 5.38. The maximum atomic E-state index is 4.35. The van der Waals surface area contributed by atoms with E-state index in [1.807, 2.05) is 19.4 Å². The van der Waals surface area contributed by atoms with Gasteiger partial charge in [0, 0.05) is 12.4 Å². The van der Waals surface area contributed by atoms with Gasteiger partial charge < -0.3 is 5.32 Å². The van der Waals surface area contributed by atoms with Crippen molar-refractivity contribution in [3.63, 3.8) is 0 Å². The van der Waals surface area contributed by atoms with Crippen LogP contribution in [0.4, 0.5) is 0 Å². The average Bonchev–Trinajstić information content (AvgIpc) is 2.40. The number of nitrogens with one attached hydrogen (secondary N) is 1. The molecule has 104 valence electrons. The number of hydrogen-bond donors (Lipinski definition) is 1. The van der Waals surface area contributed by atoms with Gasteiger partial charge in [-0.25, -0.2) is 0 Å². The normalized spacial score (nSPS) is 16.7. The van der Waals surface area contributed by atoms with E-state index in [-0.39, 0.29) is 6.04 Å². The molecule has 1 N–H and O–H groups in total. The van der Waals surface area contributed by atoms with Gasteiger partial charge in [0.1, 0.15) is 0 Å². The second-order valence-corrected chi connectivity index (χ2v) is 5.77. The Morgan fingerprint density at radius 2 is 2.00 bits per heavy atom. The van der Waals surface area contributed by atoms with Crippen LogP contribution in [-0.2, 0) is 0 Å². The number of hydrogen-bond acceptors (Lipinski definition) is 2. The topological polar surface area (TPSA) is 24.9 Å². The summed E-state index contributed by atoms with van der Waals surface area (Å²) in [5.74, 6) is 0.750. The maximum absolute atomic E-state index is 4.35. The third-order valence-corrected chi connectivity index (χ3v) is 4.37. The SMILES string of the molecule is CNC(c1cncc(C)c1)c1ccccc1C1CCC1. The third-order valence-electron chi connectivity index (χ3n) is 4.37. The van der Waals surface area contributed by atoms with Gasteiger partial charge in [0.15, 0.2) is 0 Å². The molecule has 1 aromatic heterocycles. The summed E-state index contributed by atoms with van der Waals surface area (Å²) in [7, 11) is 2.03. The van der Waals surface area contributed by atoms with Crippen LogP contribution in [0.1, 0.15) is 53.5 Å². The minimum atomic E-state index is 0.235. The molecule has 0 spiro atoms. The van der Waals surface area contributed by atoms with E-state index in [9.17, 15) is 0 Å². The average molecular weight is 266 g/mol. The van der Waals surface area contributed by atoms with Crippen LogP contribution in [0.25, 0.3) is 0 Å². The Morgan fingerprint density at radius 3 is 2.65 bits per heavy atom. The first-order valence-electron chi connectivity index (χ1n) is 7.47. The Hall–Kier alpha value is -1.67. The van der Waals surface area contributed by atoms with Gasteiger partial charge in [-0.05, 0) is 55.0 Å². The van der Waals surface area contributed by atoms with Crippen molar-refractivity contribution in [2.45, 2.75) is 38.1 Å². The number of rotatable bonds is 4. The molecule has 2 aromatic rings. The molecule has 0 bridgehead atoms. The van der Waals surface area contributed by atoms with Gasteiger partial charge in [-0.1, -0.05) is 36.8 Å². The lowest BCUT2D eigenvalue weighted by Crippen LogP contribution is -2.21. The van der Waals surface area contributed by atoms with E-state index in [1.54, 1.807) is 0 Å². The summed E-state index contributed by atoms with van der Waals surface area (Å²) in [6, 6.07) is 11.3. The molecule has 1 heterocycles. The minimum absolute atomic E-state index is 0.235. The highest BCUT2D eigenvalue weighted by molar-refractivity contribution is 5.40. The predicted molar refractivity (Wildman–Crippen MR) is 82.9 cm³/mol. The zero-order valence-electron chi connectivity index (χ0n) is 12.3. The van der Waals surface area contributed by atoms with Crippen LogP contribution < -0.4 is 5.32 Å². The fourth-order valence-corrected chi connectivity index (χ4v) is 3.10. The first-order valence-corrected chi connectivity index (χ1v) is 7.47. The molecule has 2 nitrogen and oxygen atoms in total. The van der Waals surface area contributed by atoms with E-state index in [4.69, 9.17) is 0 Å². The zero-order valence-corrected chi connectivity index (χ0v) is 12.3. The van der Waals surface area contributed by atoms with Crippen molar-refractivity contribution in [1.29, 1.82) is 0 Å². The highest BCUT2D eigenvalue weighted by Gasteiger charge is 2.25. The van der Waals surface area contributed by atoms with Gasteiger partial charge in [0.2, 0.25) is 0 Å². The summed E-state index contributed by atoms with van der Waals surface area (Å²) in [4.78, 5) is 4.35. The molecule has 1 aliphatic carbocycles. The van der Waals surface area contributed by atoms with Gasteiger partial charge in [-0.15, -0.1) is 0 Å². The molecular weight excluding hydrogens is 244 g/mol. The molecule has 3 rings (SSSR count). The predicted octanol–water partition coefficient (Wildman–Crippen LogP) is 3.97. The molecule has 1 aliphatic rings. The number of nitrogens with zero attached hydrogens (tertiary/aromatic N) is 1. The molecule has 0 amide bonds. The Balaban J connectivity index is 2.01. The highest BCUT2D eigenvalue weighted by Crippen LogP contribution is 2.40. The van der Waals surface area contributed by atoms with E-state index < -0.39 is 0 Å². The third kappa shape index (κ3) is 2.48. The van der Waals surface area contributed by atoms with E-state index in [0.717, 1.165) is 5.92 Å². The van der Waals surface area contributed by atoms with E-state index in [1.165, 1.54) is 41.5 Å². The lowest BCUT2D eigenvalue weighted by Gasteiger charge is -2.30. The number of aromatic nitrogens is 1. The van der Waals surface area contributed by atoms with Crippen LogP contribution in [0.3, 0.4) is 0 Å². The van der Waals surface area contributed by atoms with Crippen molar-refractivity contribution in [2.24, 2.45) is 0 Å². The molecule has 1 fully saturated rings. The molecule has 0 aliphatic heterocycles. The fraction of sp³-hybridized carbons (Fsp3) is 0.389. The van der Waals surface area contributed by atoms with Crippen LogP contribution in [0.15, 0.2) is 42.7 Å². The van der Waals surface area contributed by atoms with E-state index in [0.29, 0.717) is 0 Å². The van der Waals surface area contributed by atoms with Gasteiger partial charge in [-0.2, -0.15) is 0 Å². The standard InChI is InChI=1S/C18H22N2/c1-13-10-15(12-20-11-13)18(19-2)17-9-4-3-8-16(17)14-6-5-7-14/h3-4,8-12,14,18-19H,5-7H2,1-2H3. The van der Waals surface area contributed by atoms with Crippen molar-refractivity contribution in [1.82, 2.24) is 10.3 Å². The molecule has 1 unspecified atom stereocenters. The first kappa shape index (κ1) is 13.3. The molecule has 1 saturated carbocycles. The largest absolute Gasteiger partial charge is 0.309 e. The number of benzene rings is 1. The van der Waals surface area contributed by atoms with Crippen LogP contribution in [0, 0.1) is 6.92 Å². The molecule has 0 radical (unpaired) electrons. The summed E-state index contributed by atoms with van der Waals surface area (Å²) in [6.45, 7) is 2.10. The van der Waals surface area contributed by atoms with Crippen LogP contribution in [0.5, 0.6) is 0 Å². The Bertz CT molecular complexity index is 587. The lowest BCUT2D eigenvalue weighted by molar-refractivity contribution is 0.415. The monoisotopic (exact) mass is 266 g/mol. The summed E-state index contributed by atoms with van der Waals surface area (Å²) in [5, 5.41) is 3.47. The van der Waals surface area contributed by atoms with Crippen molar-refractivity contribution >= 4 is 0 Å². The van der Waals surface area contributed by atoms with Crippen LogP contribution >= 0.6 is 0 Å². The fourth-order valence-electron chi connectivity index (χ4n) is 3.10. The van der Waals surface area contributed by atoms with Crippen molar-refractivity contribution in [3.8, 4) is 0 Å². The van der Waals surface area contributed by atoms with Gasteiger partial charge in [-0.3, -0.25) is 4.98 Å². The summed E-state index contributed by atoms with van der Waals surface area (Å²) < 4.78 is 0. The van der Waals surface area contributed by atoms with Gasteiger partial charge in [0.25, 0.3) is 0 Å². The number of aryl methyl sites for hydroxylation is 1. The van der Waals surface area contributed by atoms with Crippen LogP contribution in [-0.4, -0.2) is 12.0 Å². The maximum Gasteiger partial charge on any atom is 0.0592 e. The lowest BCUT2D eigenvalue weighted by atomic mass is 9.76. The molecule has 20 heavy (non-hydrogen) atoms. The second-order valence-electron chi connectivity index (χ2n) is 5.77. The summed E-state index contributed by atoms with van der Waals surface area (Å²) >= 11 is 0. The number of pyridine rings is 1. The summed E-state index contributed by atoms with van der Waals surface area (Å²) in [6.07, 6.45) is 7.92. The molecule has 1 atom stereocenters. The Morgan fingerprint density at radius 1 is 1.20 bits per heavy atom. The second kappa shape index (κ2) is 5.76. The molecule has 2 heteroatoms. The van der Waals surface area contributed by atoms with Gasteiger partial charge >= 0.3 is 0 Å². The molecule has 1 aromatic carbocycles. The zero-order chi connectivity index (χ0) is 13.9. The van der Waals surface area contributed by atoms with Crippen LogP contribution in [0.2, 0.25) is 0 Å². The van der Waals surface area contributed by atoms with Crippen molar-refractivity contribution < 1.29 is 0 Å². The Kier molecular flexibility index (Phi) is 3.83. The van der Waals surface area contributed by atoms with Crippen molar-refractivity contribution in [2.75, 3.05) is 7.05 Å². The van der Waals surface area contributed by atoms with E-state index >= 15 is 0 Å². The van der Waals surface area contributed by atoms with Crippen molar-refractivity contribution in [3.05, 3.63) is 65.0 Å². The first-order chi connectivity index (χ1) is 9.79. The molecule has 0 saturated heterocycles. The minimum Gasteiger partial charge on any atom is -0.309 e. The van der Waals surface area contributed by atoms with E-state index in [2.05, 4.69) is 47.6 Å². The van der Waals surface area contributed by atoms with Gasteiger partial charge in [0.05, 0.1) is 6.04 Å². The quantitative estimate of drug-likeness (QED) is 0.906. The Labute approximate surface area is 121 Å². The molecular formula is C18H22N2. The smallest absolute Gasteiger partial charge is 0.0592 e. The highest BCUT2D eigenvalue weighted by atomic mass is 14.9.